The molecule has 27 heavy (non-hydrogen) atoms. The summed E-state index contributed by atoms with van der Waals surface area (Å²) in [7, 11) is 0. The molecule has 8 heteroatoms. The van der Waals surface area contributed by atoms with Gasteiger partial charge < -0.3 is 24.4 Å². The van der Waals surface area contributed by atoms with Gasteiger partial charge in [0.2, 0.25) is 0 Å². The largest absolute Gasteiger partial charge is 0.548 e. The number of thioether (sulfide) groups is 1. The van der Waals surface area contributed by atoms with E-state index in [-0.39, 0.29) is 12.4 Å². The second-order valence-corrected chi connectivity index (χ2v) is 7.07. The van der Waals surface area contributed by atoms with Gasteiger partial charge in [-0.25, -0.2) is 4.79 Å². The molecule has 0 saturated heterocycles. The highest BCUT2D eigenvalue weighted by atomic mass is 32.2. The van der Waals surface area contributed by atoms with Crippen LogP contribution in [0.25, 0.3) is 11.0 Å². The Labute approximate surface area is 161 Å². The van der Waals surface area contributed by atoms with Gasteiger partial charge in [0.25, 0.3) is 5.91 Å². The van der Waals surface area contributed by atoms with E-state index in [4.69, 9.17) is 9.15 Å². The number of carboxylic acid groups (broad SMARTS) is 1. The molecule has 0 radical (unpaired) electrons. The van der Waals surface area contributed by atoms with E-state index in [9.17, 15) is 19.5 Å². The van der Waals surface area contributed by atoms with E-state index in [1.807, 2.05) is 13.8 Å². The number of carbonyl (C=O) groups excluding carboxylic acids is 2. The van der Waals surface area contributed by atoms with Crippen LogP contribution in [0.4, 0.5) is 0 Å². The van der Waals surface area contributed by atoms with Crippen molar-refractivity contribution in [3.05, 3.63) is 39.7 Å². The van der Waals surface area contributed by atoms with Crippen molar-refractivity contribution in [3.63, 3.8) is 0 Å². The summed E-state index contributed by atoms with van der Waals surface area (Å²) >= 11 is 1.29. The summed E-state index contributed by atoms with van der Waals surface area (Å²) in [6.07, 6.45) is 3.23. The lowest BCUT2D eigenvalue weighted by molar-refractivity contribution is -0.307. The molecule has 1 N–H and O–H groups in total. The van der Waals surface area contributed by atoms with Crippen LogP contribution >= 0.6 is 11.8 Å². The van der Waals surface area contributed by atoms with Gasteiger partial charge in [0, 0.05) is 11.8 Å². The number of ether oxygens (including phenoxy) is 1. The quantitative estimate of drug-likeness (QED) is 0.635. The van der Waals surface area contributed by atoms with Gasteiger partial charge in [0.15, 0.2) is 6.61 Å². The van der Waals surface area contributed by atoms with Gasteiger partial charge in [-0.1, -0.05) is 13.3 Å². The lowest BCUT2D eigenvalue weighted by Gasteiger charge is -2.19. The molecule has 0 bridgehead atoms. The van der Waals surface area contributed by atoms with Crippen molar-refractivity contribution in [1.82, 2.24) is 5.32 Å². The number of hydrogen-bond acceptors (Lipinski definition) is 7. The molecule has 1 heterocycles. The highest BCUT2D eigenvalue weighted by Gasteiger charge is 2.16. The van der Waals surface area contributed by atoms with E-state index in [0.717, 1.165) is 17.5 Å². The molecule has 7 nitrogen and oxygen atoms in total. The normalized spacial score (nSPS) is 12.0. The molecule has 1 aromatic carbocycles. The maximum Gasteiger partial charge on any atom is 0.336 e. The van der Waals surface area contributed by atoms with Gasteiger partial charge >= 0.3 is 5.63 Å². The molecule has 0 fully saturated rings. The average molecular weight is 392 g/mol. The SMILES string of the molecule is CCCc1cc(=O)oc2cc(C)cc(OCC(=O)N[C@@H](CSC)C(=O)[O-])c12. The number of carboxylic acids is 1. The number of fused-ring (bicyclic) bond motifs is 1. The number of rotatable bonds is 9. The minimum Gasteiger partial charge on any atom is -0.548 e. The van der Waals surface area contributed by atoms with Gasteiger partial charge in [0.1, 0.15) is 11.3 Å². The molecular weight excluding hydrogens is 370 g/mol. The van der Waals surface area contributed by atoms with Gasteiger partial charge in [-0.2, -0.15) is 11.8 Å². The van der Waals surface area contributed by atoms with Crippen molar-refractivity contribution in [2.75, 3.05) is 18.6 Å². The molecule has 0 spiro atoms. The highest BCUT2D eigenvalue weighted by Crippen LogP contribution is 2.30. The number of hydrogen-bond donors (Lipinski definition) is 1. The Morgan fingerprint density at radius 3 is 2.70 bits per heavy atom. The minimum absolute atomic E-state index is 0.202. The summed E-state index contributed by atoms with van der Waals surface area (Å²) in [5.74, 6) is -1.29. The molecule has 146 valence electrons. The molecule has 0 aliphatic heterocycles. The Balaban J connectivity index is 2.26. The van der Waals surface area contributed by atoms with E-state index in [0.29, 0.717) is 23.1 Å². The van der Waals surface area contributed by atoms with Crippen molar-refractivity contribution in [2.45, 2.75) is 32.7 Å². The van der Waals surface area contributed by atoms with E-state index in [1.54, 1.807) is 18.4 Å². The fraction of sp³-hybridized carbons (Fsp3) is 0.421. The highest BCUT2D eigenvalue weighted by molar-refractivity contribution is 7.98. The van der Waals surface area contributed by atoms with Crippen LogP contribution in [-0.2, 0) is 16.0 Å². The summed E-state index contributed by atoms with van der Waals surface area (Å²) in [6, 6.07) is 3.85. The topological polar surface area (TPSA) is 109 Å². The standard InChI is InChI=1S/C19H23NO6S/c1-4-5-12-8-17(22)26-15-7-11(2)6-14(18(12)15)25-9-16(21)20-13(10-27-3)19(23)24/h6-8,13H,4-5,9-10H2,1-3H3,(H,20,21)(H,23,24)/p-1/t13-/m0/s1. The minimum atomic E-state index is -1.34. The van der Waals surface area contributed by atoms with E-state index in [2.05, 4.69) is 5.32 Å². The van der Waals surface area contributed by atoms with E-state index < -0.39 is 23.5 Å². The molecular formula is C19H22NO6S-. The molecule has 0 aliphatic rings. The molecule has 1 atom stereocenters. The summed E-state index contributed by atoms with van der Waals surface area (Å²) in [6.45, 7) is 3.46. The monoisotopic (exact) mass is 392 g/mol. The number of aryl methyl sites for hydroxylation is 2. The zero-order valence-corrected chi connectivity index (χ0v) is 16.3. The molecule has 0 aliphatic carbocycles. The first kappa shape index (κ1) is 20.8. The van der Waals surface area contributed by atoms with Crippen LogP contribution < -0.4 is 20.8 Å². The van der Waals surface area contributed by atoms with Crippen LogP contribution in [0, 0.1) is 6.92 Å². The van der Waals surface area contributed by atoms with Crippen molar-refractivity contribution in [3.8, 4) is 5.75 Å². The molecule has 2 rings (SSSR count). The van der Waals surface area contributed by atoms with E-state index >= 15 is 0 Å². The Hall–Kier alpha value is -2.48. The van der Waals surface area contributed by atoms with Crippen LogP contribution in [0.5, 0.6) is 5.75 Å². The molecule has 1 amide bonds. The van der Waals surface area contributed by atoms with Gasteiger partial charge in [-0.15, -0.1) is 0 Å². The Bertz CT molecular complexity index is 892. The summed E-state index contributed by atoms with van der Waals surface area (Å²) in [5.41, 5.74) is 1.56. The third kappa shape index (κ3) is 5.50. The number of benzene rings is 1. The average Bonchev–Trinajstić information content (AvgIpc) is 2.58. The lowest BCUT2D eigenvalue weighted by atomic mass is 10.0. The molecule has 0 unspecified atom stereocenters. The zero-order valence-electron chi connectivity index (χ0n) is 15.5. The first-order valence-electron chi connectivity index (χ1n) is 8.55. The fourth-order valence-corrected chi connectivity index (χ4v) is 3.32. The van der Waals surface area contributed by atoms with Crippen LogP contribution in [-0.4, -0.2) is 36.5 Å². The van der Waals surface area contributed by atoms with Crippen LogP contribution in [0.1, 0.15) is 24.5 Å². The van der Waals surface area contributed by atoms with Gasteiger partial charge in [-0.3, -0.25) is 4.79 Å². The maximum atomic E-state index is 12.1. The second-order valence-electron chi connectivity index (χ2n) is 6.16. The number of nitrogens with one attached hydrogen (secondary N) is 1. The number of carbonyl (C=O) groups is 2. The fourth-order valence-electron chi connectivity index (χ4n) is 2.77. The smallest absolute Gasteiger partial charge is 0.336 e. The predicted molar refractivity (Wildman–Crippen MR) is 102 cm³/mol. The van der Waals surface area contributed by atoms with Crippen molar-refractivity contribution < 1.29 is 23.8 Å². The van der Waals surface area contributed by atoms with Crippen LogP contribution in [0.15, 0.2) is 27.4 Å². The van der Waals surface area contributed by atoms with Gasteiger partial charge in [-0.05, 0) is 42.9 Å². The third-order valence-corrected chi connectivity index (χ3v) is 4.53. The predicted octanol–water partition coefficient (Wildman–Crippen LogP) is 1.03. The second kappa shape index (κ2) is 9.45. The Morgan fingerprint density at radius 2 is 2.07 bits per heavy atom. The van der Waals surface area contributed by atoms with Crippen LogP contribution in [0.2, 0.25) is 0 Å². The van der Waals surface area contributed by atoms with Crippen molar-refractivity contribution in [1.29, 1.82) is 0 Å². The first-order chi connectivity index (χ1) is 12.8. The van der Waals surface area contributed by atoms with E-state index in [1.165, 1.54) is 17.8 Å². The van der Waals surface area contributed by atoms with Crippen LogP contribution in [0.3, 0.4) is 0 Å². The first-order valence-corrected chi connectivity index (χ1v) is 9.94. The Morgan fingerprint density at radius 1 is 1.33 bits per heavy atom. The lowest BCUT2D eigenvalue weighted by Crippen LogP contribution is -2.50. The number of aliphatic carboxylic acids is 1. The Kier molecular flexibility index (Phi) is 7.29. The zero-order chi connectivity index (χ0) is 20.0. The summed E-state index contributed by atoms with van der Waals surface area (Å²) in [4.78, 5) is 34.9. The summed E-state index contributed by atoms with van der Waals surface area (Å²) < 4.78 is 10.9. The summed E-state index contributed by atoms with van der Waals surface area (Å²) in [5, 5.41) is 14.1. The maximum absolute atomic E-state index is 12.1. The number of amides is 1. The third-order valence-electron chi connectivity index (χ3n) is 3.87. The van der Waals surface area contributed by atoms with Crippen molar-refractivity contribution >= 4 is 34.6 Å². The molecule has 1 aromatic heterocycles. The molecule has 0 saturated carbocycles. The van der Waals surface area contributed by atoms with Gasteiger partial charge in [0.05, 0.1) is 17.4 Å². The molecule has 2 aromatic rings. The van der Waals surface area contributed by atoms with Crippen molar-refractivity contribution in [2.24, 2.45) is 0 Å².